The van der Waals surface area contributed by atoms with Crippen molar-refractivity contribution in [1.82, 2.24) is 14.3 Å². The van der Waals surface area contributed by atoms with Gasteiger partial charge < -0.3 is 8.98 Å². The predicted molar refractivity (Wildman–Crippen MR) is 94.7 cm³/mol. The molecule has 4 aromatic rings. The van der Waals surface area contributed by atoms with E-state index in [9.17, 15) is 18.0 Å². The van der Waals surface area contributed by atoms with Gasteiger partial charge in [0.25, 0.3) is 5.56 Å². The van der Waals surface area contributed by atoms with E-state index in [2.05, 4.69) is 5.10 Å². The fraction of sp³-hybridized carbons (Fsp3) is 0.263. The van der Waals surface area contributed by atoms with Crippen LogP contribution in [0.1, 0.15) is 23.8 Å². The maximum Gasteiger partial charge on any atom is 0.416 e. The summed E-state index contributed by atoms with van der Waals surface area (Å²) in [6, 6.07) is 7.03. The normalized spacial score (nSPS) is 12.3. The van der Waals surface area contributed by atoms with Crippen LogP contribution in [0, 0.1) is 6.92 Å². The van der Waals surface area contributed by atoms with Gasteiger partial charge >= 0.3 is 6.18 Å². The van der Waals surface area contributed by atoms with E-state index >= 15 is 0 Å². The number of aromatic nitrogens is 3. The molecule has 140 valence electrons. The lowest BCUT2D eigenvalue weighted by Gasteiger charge is -2.13. The zero-order valence-electron chi connectivity index (χ0n) is 14.7. The maximum atomic E-state index is 13.2. The number of alkyl halides is 3. The molecule has 3 aromatic heterocycles. The molecular formula is C19H16F3N3O2. The number of hydrogen-bond acceptors (Lipinski definition) is 3. The molecule has 0 aliphatic rings. The second kappa shape index (κ2) is 6.00. The zero-order chi connectivity index (χ0) is 19.3. The van der Waals surface area contributed by atoms with Crippen molar-refractivity contribution < 1.29 is 17.6 Å². The smallest absolute Gasteiger partial charge is 0.416 e. The summed E-state index contributed by atoms with van der Waals surface area (Å²) in [4.78, 5) is 13.0. The summed E-state index contributed by atoms with van der Waals surface area (Å²) in [5, 5.41) is 4.66. The standard InChI is InChI=1S/C19H16F3N3O2/c1-3-24-15-8-11(2)27-17(15)13-9-23-25(18(26)16(13)24)10-12-6-4-5-7-14(12)19(20,21)22/h4-9H,3,10H2,1-2H3. The first-order valence-corrected chi connectivity index (χ1v) is 8.44. The second-order valence-corrected chi connectivity index (χ2v) is 6.34. The first-order valence-electron chi connectivity index (χ1n) is 8.44. The number of rotatable bonds is 3. The predicted octanol–water partition coefficient (Wildman–Crippen LogP) is 4.34. The van der Waals surface area contributed by atoms with Crippen molar-refractivity contribution in [3.8, 4) is 0 Å². The van der Waals surface area contributed by atoms with Crippen molar-refractivity contribution in [3.63, 3.8) is 0 Å². The summed E-state index contributed by atoms with van der Waals surface area (Å²) in [6.07, 6.45) is -3.02. The van der Waals surface area contributed by atoms with Gasteiger partial charge in [0.1, 0.15) is 11.3 Å². The lowest BCUT2D eigenvalue weighted by atomic mass is 10.1. The Kier molecular flexibility index (Phi) is 3.87. The lowest BCUT2D eigenvalue weighted by molar-refractivity contribution is -0.138. The fourth-order valence-corrected chi connectivity index (χ4v) is 3.46. The molecule has 5 nitrogen and oxygen atoms in total. The molecule has 8 heteroatoms. The van der Waals surface area contributed by atoms with E-state index in [1.54, 1.807) is 4.57 Å². The highest BCUT2D eigenvalue weighted by molar-refractivity contribution is 6.04. The second-order valence-electron chi connectivity index (χ2n) is 6.34. The third-order valence-electron chi connectivity index (χ3n) is 4.62. The molecule has 0 bridgehead atoms. The largest absolute Gasteiger partial charge is 0.459 e. The number of fused-ring (bicyclic) bond motifs is 3. The van der Waals surface area contributed by atoms with Crippen LogP contribution in [-0.4, -0.2) is 14.3 Å². The molecule has 0 radical (unpaired) electrons. The van der Waals surface area contributed by atoms with Gasteiger partial charge in [-0.05, 0) is 25.5 Å². The zero-order valence-corrected chi connectivity index (χ0v) is 14.7. The minimum atomic E-state index is -4.49. The Morgan fingerprint density at radius 1 is 1.22 bits per heavy atom. The highest BCUT2D eigenvalue weighted by Gasteiger charge is 2.33. The number of nitrogens with zero attached hydrogens (tertiary/aromatic N) is 3. The Morgan fingerprint density at radius 3 is 2.67 bits per heavy atom. The molecule has 0 saturated carbocycles. The van der Waals surface area contributed by atoms with E-state index in [0.717, 1.165) is 16.3 Å². The minimum absolute atomic E-state index is 0.00640. The molecule has 0 saturated heterocycles. The van der Waals surface area contributed by atoms with Gasteiger partial charge in [-0.15, -0.1) is 0 Å². The van der Waals surface area contributed by atoms with E-state index in [1.165, 1.54) is 24.4 Å². The van der Waals surface area contributed by atoms with Gasteiger partial charge in [-0.25, -0.2) is 4.68 Å². The van der Waals surface area contributed by atoms with Gasteiger partial charge in [0, 0.05) is 12.6 Å². The van der Waals surface area contributed by atoms with Crippen LogP contribution in [0.4, 0.5) is 13.2 Å². The fourth-order valence-electron chi connectivity index (χ4n) is 3.46. The number of aryl methyl sites for hydroxylation is 2. The van der Waals surface area contributed by atoms with Gasteiger partial charge in [0.15, 0.2) is 5.58 Å². The first-order chi connectivity index (χ1) is 12.8. The monoisotopic (exact) mass is 375 g/mol. The van der Waals surface area contributed by atoms with Crippen molar-refractivity contribution in [3.05, 3.63) is 63.8 Å². The van der Waals surface area contributed by atoms with Gasteiger partial charge in [0.2, 0.25) is 0 Å². The Labute approximate surface area is 151 Å². The topological polar surface area (TPSA) is 53.0 Å². The van der Waals surface area contributed by atoms with Gasteiger partial charge in [-0.3, -0.25) is 4.79 Å². The molecule has 4 rings (SSSR count). The molecule has 1 aromatic carbocycles. The molecule has 27 heavy (non-hydrogen) atoms. The van der Waals surface area contributed by atoms with Crippen LogP contribution in [0.3, 0.4) is 0 Å². The van der Waals surface area contributed by atoms with E-state index in [0.29, 0.717) is 28.8 Å². The summed E-state index contributed by atoms with van der Waals surface area (Å²) in [5.41, 5.74) is 0.498. The van der Waals surface area contributed by atoms with Crippen LogP contribution in [0.5, 0.6) is 0 Å². The summed E-state index contributed by atoms with van der Waals surface area (Å²) in [5.74, 6) is 0.715. The molecule has 0 aliphatic heterocycles. The molecule has 0 atom stereocenters. The van der Waals surface area contributed by atoms with Crippen LogP contribution < -0.4 is 5.56 Å². The number of hydrogen-bond donors (Lipinski definition) is 0. The first kappa shape index (κ1) is 17.4. The molecule has 0 fully saturated rings. The Hall–Kier alpha value is -3.03. The molecule has 0 amide bonds. The number of halogens is 3. The third kappa shape index (κ3) is 2.72. The highest BCUT2D eigenvalue weighted by Crippen LogP contribution is 2.32. The summed E-state index contributed by atoms with van der Waals surface area (Å²) in [6.45, 7) is 3.97. The van der Waals surface area contributed by atoms with E-state index in [1.807, 2.05) is 19.9 Å². The minimum Gasteiger partial charge on any atom is -0.459 e. The van der Waals surface area contributed by atoms with Crippen LogP contribution in [-0.2, 0) is 19.3 Å². The Bertz CT molecular complexity index is 1210. The van der Waals surface area contributed by atoms with Crippen LogP contribution in [0.2, 0.25) is 0 Å². The molecule has 3 heterocycles. The van der Waals surface area contributed by atoms with Crippen molar-refractivity contribution in [1.29, 1.82) is 0 Å². The maximum absolute atomic E-state index is 13.2. The SMILES string of the molecule is CCn1c2cc(C)oc2c2cnn(Cc3ccccc3C(F)(F)F)c(=O)c21. The van der Waals surface area contributed by atoms with E-state index in [4.69, 9.17) is 4.42 Å². The average Bonchev–Trinajstić information content (AvgIpc) is 3.12. The number of benzene rings is 1. The molecule has 0 unspecified atom stereocenters. The van der Waals surface area contributed by atoms with E-state index < -0.39 is 17.3 Å². The average molecular weight is 375 g/mol. The van der Waals surface area contributed by atoms with Crippen molar-refractivity contribution >= 4 is 22.0 Å². The molecule has 0 N–H and O–H groups in total. The molecule has 0 aliphatic carbocycles. The van der Waals surface area contributed by atoms with Gasteiger partial charge in [-0.1, -0.05) is 18.2 Å². The van der Waals surface area contributed by atoms with Crippen LogP contribution >= 0.6 is 0 Å². The quantitative estimate of drug-likeness (QED) is 0.535. The Morgan fingerprint density at radius 2 is 1.96 bits per heavy atom. The van der Waals surface area contributed by atoms with Crippen molar-refractivity contribution in [2.45, 2.75) is 33.1 Å². The number of furan rings is 1. The summed E-state index contributed by atoms with van der Waals surface area (Å²) in [7, 11) is 0. The third-order valence-corrected chi connectivity index (χ3v) is 4.62. The van der Waals surface area contributed by atoms with Gasteiger partial charge in [-0.2, -0.15) is 18.3 Å². The van der Waals surface area contributed by atoms with Gasteiger partial charge in [0.05, 0.1) is 29.2 Å². The van der Waals surface area contributed by atoms with Crippen molar-refractivity contribution in [2.24, 2.45) is 0 Å². The molecular weight excluding hydrogens is 359 g/mol. The van der Waals surface area contributed by atoms with Crippen LogP contribution in [0.15, 0.2) is 45.7 Å². The van der Waals surface area contributed by atoms with E-state index in [-0.39, 0.29) is 12.1 Å². The van der Waals surface area contributed by atoms with Crippen molar-refractivity contribution in [2.75, 3.05) is 0 Å². The molecule has 0 spiro atoms. The van der Waals surface area contributed by atoms with Crippen LogP contribution in [0.25, 0.3) is 22.0 Å². The summed E-state index contributed by atoms with van der Waals surface area (Å²) >= 11 is 0. The lowest BCUT2D eigenvalue weighted by Crippen LogP contribution is -2.26. The highest BCUT2D eigenvalue weighted by atomic mass is 19.4. The Balaban J connectivity index is 1.90. The summed E-state index contributed by atoms with van der Waals surface area (Å²) < 4.78 is 48.3.